The molecule has 132 valence electrons. The zero-order valence-corrected chi connectivity index (χ0v) is 14.1. The molecule has 1 N–H and O–H groups in total. The third-order valence-electron chi connectivity index (χ3n) is 4.15. The molecule has 0 bridgehead atoms. The fraction of sp³-hybridized carbons (Fsp3) is 0.389. The quantitative estimate of drug-likeness (QED) is 0.899. The van der Waals surface area contributed by atoms with Gasteiger partial charge in [0, 0.05) is 25.3 Å². The molecule has 2 aromatic rings. The van der Waals surface area contributed by atoms with Crippen LogP contribution < -0.4 is 10.1 Å². The highest BCUT2D eigenvalue weighted by molar-refractivity contribution is 5.96. The van der Waals surface area contributed by atoms with Crippen molar-refractivity contribution >= 4 is 11.8 Å². The predicted octanol–water partition coefficient (Wildman–Crippen LogP) is 2.11. The minimum absolute atomic E-state index is 0.0165. The standard InChI is InChI=1S/C18H21N3O4/c1-2-24-17-14(5-3-9-19-17)16(22)20-13-7-10-21(11-8-13)18(23)15-6-4-12-25-15/h3-6,9,12-13H,2,7-8,10-11H2,1H3,(H,20,22). The highest BCUT2D eigenvalue weighted by Gasteiger charge is 2.26. The minimum Gasteiger partial charge on any atom is -0.477 e. The van der Waals surface area contributed by atoms with Crippen molar-refractivity contribution in [3.05, 3.63) is 48.0 Å². The lowest BCUT2D eigenvalue weighted by atomic mass is 10.0. The van der Waals surface area contributed by atoms with Crippen LogP contribution in [0.5, 0.6) is 5.88 Å². The molecule has 0 unspecified atom stereocenters. The molecule has 0 saturated carbocycles. The number of rotatable bonds is 5. The molecule has 0 aromatic carbocycles. The first kappa shape index (κ1) is 17.0. The second kappa shape index (κ2) is 7.83. The van der Waals surface area contributed by atoms with E-state index in [1.807, 2.05) is 6.92 Å². The number of hydrogen-bond donors (Lipinski definition) is 1. The van der Waals surface area contributed by atoms with E-state index in [9.17, 15) is 9.59 Å². The van der Waals surface area contributed by atoms with Crippen LogP contribution in [-0.2, 0) is 0 Å². The summed E-state index contributed by atoms with van der Waals surface area (Å²) in [5, 5.41) is 3.01. The van der Waals surface area contributed by atoms with Gasteiger partial charge in [-0.25, -0.2) is 4.98 Å². The lowest BCUT2D eigenvalue weighted by Gasteiger charge is -2.31. The van der Waals surface area contributed by atoms with Crippen LogP contribution in [0, 0.1) is 0 Å². The molecule has 0 atom stereocenters. The molecule has 2 aromatic heterocycles. The summed E-state index contributed by atoms with van der Waals surface area (Å²) in [5.74, 6) is 0.375. The summed E-state index contributed by atoms with van der Waals surface area (Å²) in [6.45, 7) is 3.46. The molecular formula is C18H21N3O4. The molecule has 1 fully saturated rings. The molecule has 1 saturated heterocycles. The van der Waals surface area contributed by atoms with Crippen molar-refractivity contribution in [2.75, 3.05) is 19.7 Å². The minimum atomic E-state index is -0.202. The number of carbonyl (C=O) groups excluding carboxylic acids is 2. The van der Waals surface area contributed by atoms with Crippen LogP contribution in [0.3, 0.4) is 0 Å². The Kier molecular flexibility index (Phi) is 5.33. The number of piperidine rings is 1. The van der Waals surface area contributed by atoms with Crippen LogP contribution in [-0.4, -0.2) is 47.4 Å². The van der Waals surface area contributed by atoms with Gasteiger partial charge in [0.1, 0.15) is 5.56 Å². The number of nitrogens with zero attached hydrogens (tertiary/aromatic N) is 2. The number of nitrogens with one attached hydrogen (secondary N) is 1. The molecule has 1 aliphatic heterocycles. The smallest absolute Gasteiger partial charge is 0.289 e. The second-order valence-corrected chi connectivity index (χ2v) is 5.81. The fourth-order valence-electron chi connectivity index (χ4n) is 2.86. The Morgan fingerprint density at radius 1 is 1.32 bits per heavy atom. The van der Waals surface area contributed by atoms with Gasteiger partial charge in [-0.1, -0.05) is 0 Å². The molecule has 0 radical (unpaired) electrons. The molecular weight excluding hydrogens is 322 g/mol. The Labute approximate surface area is 146 Å². The summed E-state index contributed by atoms with van der Waals surface area (Å²) in [7, 11) is 0. The number of amides is 2. The van der Waals surface area contributed by atoms with E-state index >= 15 is 0 Å². The molecule has 1 aliphatic rings. The number of carbonyl (C=O) groups is 2. The van der Waals surface area contributed by atoms with Crippen molar-refractivity contribution < 1.29 is 18.7 Å². The molecule has 3 heterocycles. The van der Waals surface area contributed by atoms with E-state index in [1.54, 1.807) is 35.4 Å². The number of hydrogen-bond acceptors (Lipinski definition) is 5. The van der Waals surface area contributed by atoms with Crippen LogP contribution >= 0.6 is 0 Å². The van der Waals surface area contributed by atoms with E-state index in [2.05, 4.69) is 10.3 Å². The lowest BCUT2D eigenvalue weighted by Crippen LogP contribution is -2.46. The molecule has 7 heteroatoms. The Hall–Kier alpha value is -2.83. The third kappa shape index (κ3) is 3.99. The Morgan fingerprint density at radius 2 is 2.12 bits per heavy atom. The lowest BCUT2D eigenvalue weighted by molar-refractivity contribution is 0.0667. The first-order chi connectivity index (χ1) is 12.2. The van der Waals surface area contributed by atoms with Gasteiger partial charge in [0.15, 0.2) is 5.76 Å². The van der Waals surface area contributed by atoms with Crippen molar-refractivity contribution in [1.29, 1.82) is 0 Å². The maximum Gasteiger partial charge on any atom is 0.289 e. The Balaban J connectivity index is 1.55. The van der Waals surface area contributed by atoms with Gasteiger partial charge in [0.25, 0.3) is 11.8 Å². The van der Waals surface area contributed by atoms with Gasteiger partial charge >= 0.3 is 0 Å². The first-order valence-corrected chi connectivity index (χ1v) is 8.40. The van der Waals surface area contributed by atoms with E-state index in [4.69, 9.17) is 9.15 Å². The SMILES string of the molecule is CCOc1ncccc1C(=O)NC1CCN(C(=O)c2ccco2)CC1. The summed E-state index contributed by atoms with van der Waals surface area (Å²) in [5.41, 5.74) is 0.429. The summed E-state index contributed by atoms with van der Waals surface area (Å²) in [6.07, 6.45) is 4.48. The predicted molar refractivity (Wildman–Crippen MR) is 90.5 cm³/mol. The van der Waals surface area contributed by atoms with Crippen molar-refractivity contribution in [2.45, 2.75) is 25.8 Å². The average Bonchev–Trinajstić information content (AvgIpc) is 3.17. The van der Waals surface area contributed by atoms with Gasteiger partial charge < -0.3 is 19.4 Å². The highest BCUT2D eigenvalue weighted by atomic mass is 16.5. The van der Waals surface area contributed by atoms with Gasteiger partial charge in [0.05, 0.1) is 12.9 Å². The van der Waals surface area contributed by atoms with E-state index < -0.39 is 0 Å². The zero-order valence-electron chi connectivity index (χ0n) is 14.1. The number of likely N-dealkylation sites (tertiary alicyclic amines) is 1. The van der Waals surface area contributed by atoms with Crippen molar-refractivity contribution in [3.8, 4) is 5.88 Å². The maximum atomic E-state index is 12.5. The maximum absolute atomic E-state index is 12.5. The second-order valence-electron chi connectivity index (χ2n) is 5.81. The van der Waals surface area contributed by atoms with E-state index in [0.717, 1.165) is 0 Å². The van der Waals surface area contributed by atoms with Gasteiger partial charge in [-0.15, -0.1) is 0 Å². The van der Waals surface area contributed by atoms with Gasteiger partial charge in [-0.2, -0.15) is 0 Å². The summed E-state index contributed by atoms with van der Waals surface area (Å²) < 4.78 is 10.6. The summed E-state index contributed by atoms with van der Waals surface area (Å²) in [4.78, 5) is 30.6. The number of ether oxygens (including phenoxy) is 1. The average molecular weight is 343 g/mol. The van der Waals surface area contributed by atoms with Crippen molar-refractivity contribution in [1.82, 2.24) is 15.2 Å². The molecule has 25 heavy (non-hydrogen) atoms. The van der Waals surface area contributed by atoms with Crippen LogP contribution in [0.4, 0.5) is 0 Å². The zero-order chi connectivity index (χ0) is 17.6. The molecule has 2 amide bonds. The van der Waals surface area contributed by atoms with Crippen LogP contribution in [0.25, 0.3) is 0 Å². The number of pyridine rings is 1. The van der Waals surface area contributed by atoms with E-state index in [1.165, 1.54) is 6.26 Å². The first-order valence-electron chi connectivity index (χ1n) is 8.40. The van der Waals surface area contributed by atoms with Crippen molar-refractivity contribution in [2.24, 2.45) is 0 Å². The van der Waals surface area contributed by atoms with E-state index in [0.29, 0.717) is 49.7 Å². The van der Waals surface area contributed by atoms with E-state index in [-0.39, 0.29) is 17.9 Å². The van der Waals surface area contributed by atoms with Crippen molar-refractivity contribution in [3.63, 3.8) is 0 Å². The highest BCUT2D eigenvalue weighted by Crippen LogP contribution is 2.17. The monoisotopic (exact) mass is 343 g/mol. The topological polar surface area (TPSA) is 84.7 Å². The molecule has 7 nitrogen and oxygen atoms in total. The Bertz CT molecular complexity index is 722. The number of aromatic nitrogens is 1. The third-order valence-corrected chi connectivity index (χ3v) is 4.15. The fourth-order valence-corrected chi connectivity index (χ4v) is 2.86. The van der Waals surface area contributed by atoms with Crippen LogP contribution in [0.2, 0.25) is 0 Å². The normalized spacial score (nSPS) is 15.0. The van der Waals surface area contributed by atoms with Crippen LogP contribution in [0.15, 0.2) is 41.1 Å². The molecule has 0 spiro atoms. The van der Waals surface area contributed by atoms with Gasteiger partial charge in [0.2, 0.25) is 5.88 Å². The number of furan rings is 1. The summed E-state index contributed by atoms with van der Waals surface area (Å²) >= 11 is 0. The van der Waals surface area contributed by atoms with Gasteiger partial charge in [-0.3, -0.25) is 9.59 Å². The van der Waals surface area contributed by atoms with Gasteiger partial charge in [-0.05, 0) is 44.0 Å². The Morgan fingerprint density at radius 3 is 2.80 bits per heavy atom. The van der Waals surface area contributed by atoms with Crippen LogP contribution in [0.1, 0.15) is 40.7 Å². The largest absolute Gasteiger partial charge is 0.477 e. The summed E-state index contributed by atoms with van der Waals surface area (Å²) in [6, 6.07) is 6.78. The molecule has 0 aliphatic carbocycles. The molecule has 3 rings (SSSR count).